The van der Waals surface area contributed by atoms with Crippen molar-refractivity contribution in [2.45, 2.75) is 88.1 Å². The monoisotopic (exact) mass is 502 g/mol. The number of benzene rings is 1. The fourth-order valence-corrected chi connectivity index (χ4v) is 6.40. The van der Waals surface area contributed by atoms with E-state index >= 15 is 0 Å². The number of hydrogen-bond acceptors (Lipinski definition) is 5. The molecule has 1 saturated carbocycles. The van der Waals surface area contributed by atoms with Crippen LogP contribution in [0.15, 0.2) is 23.1 Å². The molecule has 0 radical (unpaired) electrons. The van der Waals surface area contributed by atoms with E-state index in [2.05, 4.69) is 12.2 Å². The van der Waals surface area contributed by atoms with Crippen molar-refractivity contribution >= 4 is 16.0 Å². The molecule has 1 saturated heterocycles. The Morgan fingerprint density at radius 1 is 1.26 bits per heavy atom. The largest absolute Gasteiger partial charge is 0.492 e. The lowest BCUT2D eigenvalue weighted by Crippen LogP contribution is -2.40. The van der Waals surface area contributed by atoms with E-state index in [1.807, 2.05) is 6.92 Å². The number of halogens is 2. The Hall–Kier alpha value is -1.78. The molecule has 34 heavy (non-hydrogen) atoms. The topological polar surface area (TPSA) is 95.9 Å². The van der Waals surface area contributed by atoms with Gasteiger partial charge in [0.15, 0.2) is 0 Å². The third-order valence-corrected chi connectivity index (χ3v) is 8.78. The summed E-state index contributed by atoms with van der Waals surface area (Å²) in [4.78, 5) is 11.5. The number of aliphatic carboxylic acids is 1. The Bertz CT molecular complexity index is 947. The second-order valence-corrected chi connectivity index (χ2v) is 11.5. The van der Waals surface area contributed by atoms with Crippen LogP contribution < -0.4 is 10.1 Å². The quantitative estimate of drug-likeness (QED) is 0.471. The fourth-order valence-electron chi connectivity index (χ4n) is 4.63. The molecule has 1 aromatic carbocycles. The van der Waals surface area contributed by atoms with Gasteiger partial charge in [-0.05, 0) is 75.6 Å². The number of nitrogens with zero attached hydrogens (tertiary/aromatic N) is 1. The van der Waals surface area contributed by atoms with Gasteiger partial charge in [0.05, 0.1) is 6.61 Å². The minimum atomic E-state index is -4.00. The summed E-state index contributed by atoms with van der Waals surface area (Å²) in [5, 5.41) is 12.8. The van der Waals surface area contributed by atoms with E-state index in [9.17, 15) is 27.1 Å². The number of nitrogens with one attached hydrogen (secondary N) is 1. The maximum atomic E-state index is 13.3. The van der Waals surface area contributed by atoms with Gasteiger partial charge in [-0.3, -0.25) is 4.79 Å². The zero-order chi connectivity index (χ0) is 24.9. The number of alkyl halides is 2. The van der Waals surface area contributed by atoms with E-state index in [0.29, 0.717) is 44.6 Å². The van der Waals surface area contributed by atoms with Crippen LogP contribution in [0.25, 0.3) is 0 Å². The van der Waals surface area contributed by atoms with Gasteiger partial charge in [0.25, 0.3) is 0 Å². The number of carboxylic acids is 1. The van der Waals surface area contributed by atoms with E-state index in [-0.39, 0.29) is 36.1 Å². The molecule has 1 aliphatic heterocycles. The summed E-state index contributed by atoms with van der Waals surface area (Å²) in [6.45, 7) is 5.16. The molecule has 2 aliphatic rings. The van der Waals surface area contributed by atoms with Crippen LogP contribution in [0.5, 0.6) is 5.75 Å². The van der Waals surface area contributed by atoms with Crippen LogP contribution in [0.3, 0.4) is 0 Å². The van der Waals surface area contributed by atoms with Crippen molar-refractivity contribution < 1.29 is 31.8 Å². The third-order valence-electron chi connectivity index (χ3n) is 6.83. The van der Waals surface area contributed by atoms with Gasteiger partial charge in [0, 0.05) is 25.4 Å². The standard InChI is InChI=1S/C24H36F2N2O5S/c1-17(9-13-27-19-7-11-24(25,26)12-8-19)10-15-33-21-16-18(2)5-6-22(21)34(31,32)28-14-3-4-20(28)23(29)30/h5-6,16-17,19-20,27H,3-4,7-15H2,1-2H3,(H,29,30)/t17-,20-/m0/s1. The summed E-state index contributed by atoms with van der Waals surface area (Å²) in [6.07, 6.45) is 3.26. The summed E-state index contributed by atoms with van der Waals surface area (Å²) in [6, 6.07) is 3.92. The predicted octanol–water partition coefficient (Wildman–Crippen LogP) is 4.20. The Morgan fingerprint density at radius 2 is 1.97 bits per heavy atom. The number of rotatable bonds is 11. The summed E-state index contributed by atoms with van der Waals surface area (Å²) in [7, 11) is -4.00. The van der Waals surface area contributed by atoms with Crippen LogP contribution in [0.1, 0.15) is 63.9 Å². The average Bonchev–Trinajstić information content (AvgIpc) is 3.26. The molecule has 10 heteroatoms. The van der Waals surface area contributed by atoms with Gasteiger partial charge in [-0.2, -0.15) is 4.31 Å². The first kappa shape index (κ1) is 26.8. The lowest BCUT2D eigenvalue weighted by atomic mass is 9.92. The highest BCUT2D eigenvalue weighted by atomic mass is 32.2. The van der Waals surface area contributed by atoms with Crippen LogP contribution >= 0.6 is 0 Å². The highest BCUT2D eigenvalue weighted by molar-refractivity contribution is 7.89. The molecule has 0 unspecified atom stereocenters. The molecular formula is C24H36F2N2O5S. The van der Waals surface area contributed by atoms with Gasteiger partial charge in [0.2, 0.25) is 15.9 Å². The Kier molecular flexibility index (Phi) is 8.92. The van der Waals surface area contributed by atoms with Crippen molar-refractivity contribution in [1.29, 1.82) is 0 Å². The predicted molar refractivity (Wildman–Crippen MR) is 125 cm³/mol. The van der Waals surface area contributed by atoms with Gasteiger partial charge in [0.1, 0.15) is 16.7 Å². The minimum absolute atomic E-state index is 0.00494. The SMILES string of the molecule is Cc1ccc(S(=O)(=O)N2CCC[C@H]2C(=O)O)c(OCC[C@@H](C)CCNC2CCC(F)(F)CC2)c1. The zero-order valence-electron chi connectivity index (χ0n) is 19.9. The van der Waals surface area contributed by atoms with Gasteiger partial charge in [-0.1, -0.05) is 13.0 Å². The summed E-state index contributed by atoms with van der Waals surface area (Å²) >= 11 is 0. The van der Waals surface area contributed by atoms with Crippen LogP contribution in [0, 0.1) is 12.8 Å². The van der Waals surface area contributed by atoms with E-state index in [4.69, 9.17) is 4.74 Å². The number of sulfonamides is 1. The number of carbonyl (C=O) groups is 1. The number of aryl methyl sites for hydroxylation is 1. The fraction of sp³-hybridized carbons (Fsp3) is 0.708. The summed E-state index contributed by atoms with van der Waals surface area (Å²) in [5.41, 5.74) is 0.848. The molecule has 3 rings (SSSR count). The molecule has 0 aromatic heterocycles. The molecule has 0 spiro atoms. The van der Waals surface area contributed by atoms with E-state index < -0.39 is 28.0 Å². The third kappa shape index (κ3) is 6.88. The Labute approximate surface area is 200 Å². The summed E-state index contributed by atoms with van der Waals surface area (Å²) < 4.78 is 60.0. The minimum Gasteiger partial charge on any atom is -0.492 e. The highest BCUT2D eigenvalue weighted by Crippen LogP contribution is 2.34. The van der Waals surface area contributed by atoms with Crippen molar-refractivity contribution in [2.24, 2.45) is 5.92 Å². The number of carboxylic acid groups (broad SMARTS) is 1. The van der Waals surface area contributed by atoms with E-state index in [1.165, 1.54) is 6.07 Å². The molecule has 1 aromatic rings. The van der Waals surface area contributed by atoms with Crippen LogP contribution in [0.2, 0.25) is 0 Å². The second kappa shape index (κ2) is 11.3. The molecule has 192 valence electrons. The van der Waals surface area contributed by atoms with Gasteiger partial charge >= 0.3 is 5.97 Å². The molecule has 2 fully saturated rings. The maximum Gasteiger partial charge on any atom is 0.322 e. The number of hydrogen-bond donors (Lipinski definition) is 2. The van der Waals surface area contributed by atoms with E-state index in [0.717, 1.165) is 22.8 Å². The van der Waals surface area contributed by atoms with Gasteiger partial charge in [-0.15, -0.1) is 0 Å². The molecule has 1 heterocycles. The Balaban J connectivity index is 1.52. The van der Waals surface area contributed by atoms with Crippen LogP contribution in [0.4, 0.5) is 8.78 Å². The molecule has 1 aliphatic carbocycles. The first-order chi connectivity index (χ1) is 16.0. The average molecular weight is 503 g/mol. The van der Waals surface area contributed by atoms with Crippen LogP contribution in [-0.4, -0.2) is 61.5 Å². The summed E-state index contributed by atoms with van der Waals surface area (Å²) in [5.74, 6) is -3.12. The van der Waals surface area contributed by atoms with Crippen LogP contribution in [-0.2, 0) is 14.8 Å². The second-order valence-electron chi connectivity index (χ2n) is 9.68. The van der Waals surface area contributed by atoms with Crippen molar-refractivity contribution in [3.8, 4) is 5.75 Å². The van der Waals surface area contributed by atoms with Crippen molar-refractivity contribution in [2.75, 3.05) is 19.7 Å². The zero-order valence-corrected chi connectivity index (χ0v) is 20.8. The first-order valence-electron chi connectivity index (χ1n) is 12.1. The first-order valence-corrected chi connectivity index (χ1v) is 13.5. The van der Waals surface area contributed by atoms with Crippen molar-refractivity contribution in [1.82, 2.24) is 9.62 Å². The van der Waals surface area contributed by atoms with Crippen molar-refractivity contribution in [3.05, 3.63) is 23.8 Å². The molecule has 7 nitrogen and oxygen atoms in total. The highest BCUT2D eigenvalue weighted by Gasteiger charge is 2.40. The molecular weight excluding hydrogens is 466 g/mol. The smallest absolute Gasteiger partial charge is 0.322 e. The lowest BCUT2D eigenvalue weighted by molar-refractivity contribution is -0.140. The van der Waals surface area contributed by atoms with Crippen molar-refractivity contribution in [3.63, 3.8) is 0 Å². The van der Waals surface area contributed by atoms with E-state index in [1.54, 1.807) is 12.1 Å². The molecule has 0 bridgehead atoms. The van der Waals surface area contributed by atoms with Gasteiger partial charge in [-0.25, -0.2) is 17.2 Å². The van der Waals surface area contributed by atoms with Gasteiger partial charge < -0.3 is 15.2 Å². The lowest BCUT2D eigenvalue weighted by Gasteiger charge is -2.29. The number of ether oxygens (including phenoxy) is 1. The molecule has 2 atom stereocenters. The maximum absolute atomic E-state index is 13.3. The Morgan fingerprint density at radius 3 is 2.65 bits per heavy atom. The normalized spacial score (nSPS) is 22.5. The molecule has 0 amide bonds. The molecule has 2 N–H and O–H groups in total.